The van der Waals surface area contributed by atoms with Crippen molar-refractivity contribution in [3.05, 3.63) is 48.3 Å². The van der Waals surface area contributed by atoms with Crippen LogP contribution in [0.1, 0.15) is 18.9 Å². The highest BCUT2D eigenvalue weighted by Crippen LogP contribution is 2.13. The molecule has 1 fully saturated rings. The Morgan fingerprint density at radius 3 is 2.56 bits per heavy atom. The molecule has 9 nitrogen and oxygen atoms in total. The minimum absolute atomic E-state index is 0. The van der Waals surface area contributed by atoms with E-state index in [4.69, 9.17) is 4.74 Å². The molecule has 2 aromatic rings. The molecule has 174 valence electrons. The number of methoxy groups -OCH3 is 1. The van der Waals surface area contributed by atoms with Gasteiger partial charge >= 0.3 is 0 Å². The Labute approximate surface area is 206 Å². The number of piperazine rings is 1. The SMILES string of the molecule is CCNC(=NCc1cccc(OC)c1)NCCC(=O)N1CCN(c2ncccn2)CC1.I. The molecule has 10 heteroatoms. The number of nitrogens with zero attached hydrogens (tertiary/aromatic N) is 5. The van der Waals surface area contributed by atoms with Crippen LogP contribution in [-0.4, -0.2) is 73.1 Å². The fraction of sp³-hybridized carbons (Fsp3) is 0.455. The summed E-state index contributed by atoms with van der Waals surface area (Å²) in [5, 5.41) is 6.47. The lowest BCUT2D eigenvalue weighted by Gasteiger charge is -2.34. The second-order valence-electron chi connectivity index (χ2n) is 7.14. The Morgan fingerprint density at radius 2 is 1.88 bits per heavy atom. The number of aromatic nitrogens is 2. The summed E-state index contributed by atoms with van der Waals surface area (Å²) in [7, 11) is 1.65. The summed E-state index contributed by atoms with van der Waals surface area (Å²) in [5.74, 6) is 2.38. The van der Waals surface area contributed by atoms with Crippen LogP contribution in [0.2, 0.25) is 0 Å². The average Bonchev–Trinajstić information content (AvgIpc) is 2.83. The van der Waals surface area contributed by atoms with Crippen LogP contribution in [0.5, 0.6) is 5.75 Å². The molecule has 32 heavy (non-hydrogen) atoms. The van der Waals surface area contributed by atoms with E-state index in [0.717, 1.165) is 36.9 Å². The Bertz CT molecular complexity index is 858. The highest BCUT2D eigenvalue weighted by molar-refractivity contribution is 14.0. The molecule has 0 bridgehead atoms. The van der Waals surface area contributed by atoms with Crippen molar-refractivity contribution in [1.82, 2.24) is 25.5 Å². The monoisotopic (exact) mass is 553 g/mol. The molecule has 0 unspecified atom stereocenters. The van der Waals surface area contributed by atoms with Crippen molar-refractivity contribution < 1.29 is 9.53 Å². The molecule has 1 aliphatic rings. The third-order valence-electron chi connectivity index (χ3n) is 5.00. The van der Waals surface area contributed by atoms with Crippen LogP contribution in [0.3, 0.4) is 0 Å². The summed E-state index contributed by atoms with van der Waals surface area (Å²) in [6.45, 7) is 6.68. The largest absolute Gasteiger partial charge is 0.497 e. The van der Waals surface area contributed by atoms with Crippen molar-refractivity contribution in [2.45, 2.75) is 19.9 Å². The van der Waals surface area contributed by atoms with Crippen LogP contribution in [0, 0.1) is 0 Å². The summed E-state index contributed by atoms with van der Waals surface area (Å²) in [6, 6.07) is 9.65. The van der Waals surface area contributed by atoms with Crippen LogP contribution >= 0.6 is 24.0 Å². The minimum Gasteiger partial charge on any atom is -0.497 e. The van der Waals surface area contributed by atoms with Gasteiger partial charge < -0.3 is 25.2 Å². The number of ether oxygens (including phenoxy) is 1. The van der Waals surface area contributed by atoms with Gasteiger partial charge in [0.1, 0.15) is 5.75 Å². The molecular formula is C22H32IN7O2. The summed E-state index contributed by atoms with van der Waals surface area (Å²) in [4.78, 5) is 29.8. The van der Waals surface area contributed by atoms with Gasteiger partial charge in [0.25, 0.3) is 0 Å². The number of anilines is 1. The molecule has 1 aromatic heterocycles. The van der Waals surface area contributed by atoms with E-state index in [1.165, 1.54) is 0 Å². The number of carbonyl (C=O) groups is 1. The fourth-order valence-corrected chi connectivity index (χ4v) is 3.34. The third kappa shape index (κ3) is 7.81. The van der Waals surface area contributed by atoms with Crippen LogP contribution in [0.4, 0.5) is 5.95 Å². The van der Waals surface area contributed by atoms with Crippen molar-refractivity contribution >= 4 is 41.8 Å². The van der Waals surface area contributed by atoms with E-state index in [2.05, 4.69) is 30.5 Å². The summed E-state index contributed by atoms with van der Waals surface area (Å²) < 4.78 is 5.26. The first-order valence-electron chi connectivity index (χ1n) is 10.6. The quantitative estimate of drug-likeness (QED) is 0.293. The zero-order valence-corrected chi connectivity index (χ0v) is 21.0. The lowest BCUT2D eigenvalue weighted by Crippen LogP contribution is -2.50. The first-order chi connectivity index (χ1) is 15.2. The summed E-state index contributed by atoms with van der Waals surface area (Å²) >= 11 is 0. The smallest absolute Gasteiger partial charge is 0.225 e. The van der Waals surface area contributed by atoms with Gasteiger partial charge in [0.15, 0.2) is 5.96 Å². The van der Waals surface area contributed by atoms with Crippen molar-refractivity contribution in [3.8, 4) is 5.75 Å². The number of aliphatic imine (C=N–C) groups is 1. The maximum absolute atomic E-state index is 12.6. The first-order valence-corrected chi connectivity index (χ1v) is 10.6. The van der Waals surface area contributed by atoms with E-state index in [1.807, 2.05) is 36.1 Å². The molecule has 1 aliphatic heterocycles. The first kappa shape index (κ1) is 25.6. The van der Waals surface area contributed by atoms with Crippen LogP contribution in [-0.2, 0) is 11.3 Å². The second kappa shape index (κ2) is 13.7. The Hall–Kier alpha value is -2.63. The van der Waals surface area contributed by atoms with Gasteiger partial charge in [0, 0.05) is 58.1 Å². The van der Waals surface area contributed by atoms with E-state index in [1.54, 1.807) is 25.6 Å². The van der Waals surface area contributed by atoms with Gasteiger partial charge in [-0.2, -0.15) is 0 Å². The van der Waals surface area contributed by atoms with Gasteiger partial charge in [-0.1, -0.05) is 12.1 Å². The number of benzene rings is 1. The Morgan fingerprint density at radius 1 is 1.12 bits per heavy atom. The summed E-state index contributed by atoms with van der Waals surface area (Å²) in [5.41, 5.74) is 1.06. The third-order valence-corrected chi connectivity index (χ3v) is 5.00. The van der Waals surface area contributed by atoms with Gasteiger partial charge in [-0.15, -0.1) is 24.0 Å². The maximum atomic E-state index is 12.6. The van der Waals surface area contributed by atoms with Gasteiger partial charge in [-0.25, -0.2) is 15.0 Å². The lowest BCUT2D eigenvalue weighted by molar-refractivity contribution is -0.131. The topological polar surface area (TPSA) is 95.0 Å². The number of rotatable bonds is 8. The van der Waals surface area contributed by atoms with Gasteiger partial charge in [0.2, 0.25) is 11.9 Å². The summed E-state index contributed by atoms with van der Waals surface area (Å²) in [6.07, 6.45) is 3.90. The molecular weight excluding hydrogens is 521 g/mol. The van der Waals surface area contributed by atoms with Gasteiger partial charge in [-0.3, -0.25) is 4.79 Å². The van der Waals surface area contributed by atoms with Crippen molar-refractivity contribution in [3.63, 3.8) is 0 Å². The minimum atomic E-state index is 0. The molecule has 0 aliphatic carbocycles. The maximum Gasteiger partial charge on any atom is 0.225 e. The molecule has 1 aromatic carbocycles. The molecule has 2 heterocycles. The second-order valence-corrected chi connectivity index (χ2v) is 7.14. The standard InChI is InChI=1S/C22H31N7O2.HI/c1-3-23-21(27-17-18-6-4-7-19(16-18)31-2)24-11-8-20(30)28-12-14-29(15-13-28)22-25-9-5-10-26-22;/h4-7,9-10,16H,3,8,11-15,17H2,1-2H3,(H2,23,24,27);1H. The molecule has 0 atom stereocenters. The number of hydrogen-bond acceptors (Lipinski definition) is 6. The van der Waals surface area contributed by atoms with E-state index >= 15 is 0 Å². The van der Waals surface area contributed by atoms with Crippen LogP contribution in [0.25, 0.3) is 0 Å². The number of nitrogens with one attached hydrogen (secondary N) is 2. The van der Waals surface area contributed by atoms with Crippen LogP contribution < -0.4 is 20.3 Å². The fourth-order valence-electron chi connectivity index (χ4n) is 3.34. The normalized spacial score (nSPS) is 13.9. The zero-order valence-electron chi connectivity index (χ0n) is 18.7. The Balaban J connectivity index is 0.00000363. The number of carbonyl (C=O) groups excluding carboxylic acids is 1. The number of amides is 1. The van der Waals surface area contributed by atoms with E-state index in [-0.39, 0.29) is 29.9 Å². The Kier molecular flexibility index (Phi) is 11.0. The van der Waals surface area contributed by atoms with Crippen molar-refractivity contribution in [1.29, 1.82) is 0 Å². The lowest BCUT2D eigenvalue weighted by atomic mass is 10.2. The molecule has 0 saturated carbocycles. The van der Waals surface area contributed by atoms with E-state index in [9.17, 15) is 4.79 Å². The van der Waals surface area contributed by atoms with Gasteiger partial charge in [0.05, 0.1) is 13.7 Å². The van der Waals surface area contributed by atoms with E-state index < -0.39 is 0 Å². The molecule has 3 rings (SSSR count). The van der Waals surface area contributed by atoms with Crippen molar-refractivity contribution in [2.24, 2.45) is 4.99 Å². The molecule has 0 radical (unpaired) electrons. The number of halogens is 1. The van der Waals surface area contributed by atoms with Crippen molar-refractivity contribution in [2.75, 3.05) is 51.3 Å². The van der Waals surface area contributed by atoms with Gasteiger partial charge in [-0.05, 0) is 30.7 Å². The average molecular weight is 553 g/mol. The highest BCUT2D eigenvalue weighted by Gasteiger charge is 2.22. The van der Waals surface area contributed by atoms with E-state index in [0.29, 0.717) is 38.6 Å². The molecule has 1 saturated heterocycles. The zero-order chi connectivity index (χ0) is 21.9. The predicted molar refractivity (Wildman–Crippen MR) is 137 cm³/mol. The highest BCUT2D eigenvalue weighted by atomic mass is 127. The number of hydrogen-bond donors (Lipinski definition) is 2. The molecule has 0 spiro atoms. The number of guanidine groups is 1. The van der Waals surface area contributed by atoms with Crippen LogP contribution in [0.15, 0.2) is 47.7 Å². The molecule has 1 amide bonds. The molecule has 2 N–H and O–H groups in total. The predicted octanol–water partition coefficient (Wildman–Crippen LogP) is 1.90.